The molecule has 0 radical (unpaired) electrons. The standard InChI is InChI=1S/C38H36ClF3N10O4S/c1-17(53)26-10-19-9-25-24(5-8-50(25)37(54)51-16-45-35(39)48-51)52(19)34-29-27(56-26)11-21(20-3-4-23(41)32-28(20)22(13-43)33(44)57-32)30(42)31(29)46-36(47-34)55-15-38-6-2-7-49(38)14-18(40)12-38/h3-4,11,16-19,24-26,53H,2,5-10,12,14-15,44H2,1H3/t17?,18-,19-,24?,25?,26?,38+/m1/s1. The van der Waals surface area contributed by atoms with E-state index in [1.165, 1.54) is 24.5 Å². The summed E-state index contributed by atoms with van der Waals surface area (Å²) in [5.74, 6) is -0.922. The molecule has 0 bridgehead atoms. The Morgan fingerprint density at radius 3 is 2.84 bits per heavy atom. The Kier molecular flexibility index (Phi) is 8.49. The number of thiophene rings is 1. The minimum absolute atomic E-state index is 0.0180. The summed E-state index contributed by atoms with van der Waals surface area (Å²) < 4.78 is 61.8. The van der Waals surface area contributed by atoms with Gasteiger partial charge in [0, 0.05) is 42.9 Å². The summed E-state index contributed by atoms with van der Waals surface area (Å²) in [6, 6.07) is 4.66. The fraction of sp³-hybridized carbons (Fsp3) is 0.474. The van der Waals surface area contributed by atoms with Gasteiger partial charge in [0.25, 0.3) is 0 Å². The number of rotatable bonds is 5. The van der Waals surface area contributed by atoms with Crippen LogP contribution in [0.3, 0.4) is 0 Å². The number of aliphatic hydroxyl groups excluding tert-OH is 1. The number of amides is 1. The van der Waals surface area contributed by atoms with Crippen LogP contribution in [0.1, 0.15) is 51.0 Å². The summed E-state index contributed by atoms with van der Waals surface area (Å²) in [4.78, 5) is 33.2. The number of benzene rings is 2. The Bertz CT molecular complexity index is 2530. The molecule has 10 rings (SSSR count). The Morgan fingerprint density at radius 2 is 2.07 bits per heavy atom. The molecule has 4 saturated heterocycles. The smallest absolute Gasteiger partial charge is 0.346 e. The van der Waals surface area contributed by atoms with E-state index in [-0.39, 0.29) is 84.5 Å². The zero-order valence-electron chi connectivity index (χ0n) is 30.5. The third-order valence-corrected chi connectivity index (χ3v) is 13.7. The number of fused-ring (bicyclic) bond motifs is 6. The molecule has 19 heteroatoms. The van der Waals surface area contributed by atoms with Crippen LogP contribution >= 0.6 is 22.9 Å². The minimum Gasteiger partial charge on any atom is -0.487 e. The van der Waals surface area contributed by atoms with Crippen molar-refractivity contribution in [1.82, 2.24) is 34.5 Å². The van der Waals surface area contributed by atoms with Gasteiger partial charge in [-0.3, -0.25) is 4.90 Å². The van der Waals surface area contributed by atoms with Crippen molar-refractivity contribution in [2.45, 2.75) is 87.5 Å². The molecule has 5 aliphatic rings. The maximum atomic E-state index is 17.6. The number of carbonyl (C=O) groups excluding carboxylic acids is 1. The Morgan fingerprint density at radius 1 is 1.23 bits per heavy atom. The first-order chi connectivity index (χ1) is 27.4. The lowest BCUT2D eigenvalue weighted by molar-refractivity contribution is 0.0390. The largest absolute Gasteiger partial charge is 0.487 e. The second-order valence-corrected chi connectivity index (χ2v) is 17.1. The van der Waals surface area contributed by atoms with Crippen LogP contribution in [-0.2, 0) is 0 Å². The molecule has 7 atom stereocenters. The van der Waals surface area contributed by atoms with E-state index in [9.17, 15) is 19.6 Å². The van der Waals surface area contributed by atoms with Gasteiger partial charge in [-0.25, -0.2) is 22.9 Å². The molecule has 5 aliphatic heterocycles. The number of nitriles is 1. The Hall–Kier alpha value is -4.96. The molecule has 2 aromatic carbocycles. The first kappa shape index (κ1) is 36.4. The van der Waals surface area contributed by atoms with E-state index in [4.69, 9.17) is 31.8 Å². The highest BCUT2D eigenvalue weighted by Gasteiger charge is 2.53. The lowest BCUT2D eigenvalue weighted by Crippen LogP contribution is -2.45. The summed E-state index contributed by atoms with van der Waals surface area (Å²) >= 11 is 6.86. The van der Waals surface area contributed by atoms with Crippen molar-refractivity contribution in [3.63, 3.8) is 0 Å². The van der Waals surface area contributed by atoms with E-state index in [1.807, 2.05) is 6.07 Å². The maximum Gasteiger partial charge on any atom is 0.346 e. The zero-order valence-corrected chi connectivity index (χ0v) is 32.1. The molecule has 5 aromatic rings. The van der Waals surface area contributed by atoms with Crippen LogP contribution in [0.15, 0.2) is 24.5 Å². The first-order valence-corrected chi connectivity index (χ1v) is 20.1. The van der Waals surface area contributed by atoms with Gasteiger partial charge in [-0.2, -0.15) is 19.9 Å². The fourth-order valence-electron chi connectivity index (χ4n) is 10.0. The number of likely N-dealkylation sites (tertiary alicyclic amines) is 1. The van der Waals surface area contributed by atoms with Gasteiger partial charge in [-0.15, -0.1) is 16.4 Å². The number of halogens is 4. The molecular formula is C38H36ClF3N10O4S. The number of hydrogen-bond acceptors (Lipinski definition) is 13. The van der Waals surface area contributed by atoms with Gasteiger partial charge in [0.05, 0.1) is 39.4 Å². The molecule has 57 heavy (non-hydrogen) atoms. The van der Waals surface area contributed by atoms with Crippen molar-refractivity contribution < 1.29 is 32.5 Å². The molecule has 8 heterocycles. The van der Waals surface area contributed by atoms with Crippen LogP contribution in [-0.4, -0.2) is 114 Å². The van der Waals surface area contributed by atoms with E-state index < -0.39 is 41.6 Å². The van der Waals surface area contributed by atoms with E-state index >= 15 is 8.78 Å². The van der Waals surface area contributed by atoms with Gasteiger partial charge in [-0.1, -0.05) is 6.07 Å². The molecule has 4 fully saturated rings. The van der Waals surface area contributed by atoms with Gasteiger partial charge in [0.15, 0.2) is 5.82 Å². The molecule has 14 nitrogen and oxygen atoms in total. The van der Waals surface area contributed by atoms with Crippen LogP contribution in [0.25, 0.3) is 32.1 Å². The van der Waals surface area contributed by atoms with Crippen molar-refractivity contribution >= 4 is 60.8 Å². The summed E-state index contributed by atoms with van der Waals surface area (Å²) in [5, 5.41) is 25.6. The van der Waals surface area contributed by atoms with Gasteiger partial charge in [0.2, 0.25) is 5.28 Å². The third kappa shape index (κ3) is 5.60. The quantitative estimate of drug-likeness (QED) is 0.223. The minimum atomic E-state index is -0.998. The van der Waals surface area contributed by atoms with E-state index in [0.29, 0.717) is 44.6 Å². The fourth-order valence-corrected chi connectivity index (χ4v) is 11.1. The summed E-state index contributed by atoms with van der Waals surface area (Å²) in [6.07, 6.45) is 1.75. The average Bonchev–Trinajstić information content (AvgIpc) is 4.02. The van der Waals surface area contributed by atoms with Crippen molar-refractivity contribution in [2.24, 2.45) is 0 Å². The lowest BCUT2D eigenvalue weighted by atomic mass is 9.95. The molecule has 3 N–H and O–H groups in total. The lowest BCUT2D eigenvalue weighted by Gasteiger charge is -2.37. The molecule has 296 valence electrons. The number of anilines is 2. The van der Waals surface area contributed by atoms with Crippen molar-refractivity contribution in [1.29, 1.82) is 5.26 Å². The predicted octanol–water partition coefficient (Wildman–Crippen LogP) is 5.67. The van der Waals surface area contributed by atoms with E-state index in [0.717, 1.165) is 35.4 Å². The SMILES string of the molecule is CC(O)C1C[C@H]2CC3C(CCN3C(=O)n3cnc(Cl)n3)N2c2nc(OC[C@@]34CCCN3C[C@H](F)C4)nc3c(F)c(-c4ccc(F)c5sc(N)c(C#N)c45)cc(c23)O1. The van der Waals surface area contributed by atoms with E-state index in [2.05, 4.69) is 24.9 Å². The van der Waals surface area contributed by atoms with Crippen LogP contribution in [0.2, 0.25) is 5.28 Å². The second kappa shape index (κ2) is 13.3. The molecule has 0 aliphatic carbocycles. The summed E-state index contributed by atoms with van der Waals surface area (Å²) in [5.41, 5.74) is 5.64. The number of nitrogens with zero attached hydrogens (tertiary/aromatic N) is 9. The van der Waals surface area contributed by atoms with Gasteiger partial charge in [0.1, 0.15) is 59.2 Å². The van der Waals surface area contributed by atoms with Crippen molar-refractivity contribution in [3.05, 3.63) is 47.0 Å². The summed E-state index contributed by atoms with van der Waals surface area (Å²) in [7, 11) is 0. The Balaban J connectivity index is 1.17. The predicted molar refractivity (Wildman–Crippen MR) is 204 cm³/mol. The molecule has 0 spiro atoms. The third-order valence-electron chi connectivity index (χ3n) is 12.5. The van der Waals surface area contributed by atoms with Crippen LogP contribution < -0.4 is 20.1 Å². The van der Waals surface area contributed by atoms with Crippen LogP contribution in [0.5, 0.6) is 11.8 Å². The number of ether oxygens (including phenoxy) is 2. The number of nitrogen functional groups attached to an aromatic ring is 1. The zero-order chi connectivity index (χ0) is 39.5. The monoisotopic (exact) mass is 820 g/mol. The highest BCUT2D eigenvalue weighted by Crippen LogP contribution is 2.50. The number of hydrogen-bond donors (Lipinski definition) is 2. The normalized spacial score (nSPS) is 27.2. The first-order valence-electron chi connectivity index (χ1n) is 18.9. The molecule has 0 saturated carbocycles. The molecular weight excluding hydrogens is 785 g/mol. The number of aromatic nitrogens is 5. The van der Waals surface area contributed by atoms with Crippen LogP contribution in [0, 0.1) is 23.0 Å². The van der Waals surface area contributed by atoms with Gasteiger partial charge in [-0.05, 0) is 68.4 Å². The Labute approximate surface area is 332 Å². The topological polar surface area (TPSA) is 172 Å². The van der Waals surface area contributed by atoms with Gasteiger partial charge >= 0.3 is 12.0 Å². The number of nitrogens with two attached hydrogens (primary N) is 1. The maximum absolute atomic E-state index is 17.6. The average molecular weight is 821 g/mol. The second-order valence-electron chi connectivity index (χ2n) is 15.7. The van der Waals surface area contributed by atoms with E-state index in [1.54, 1.807) is 11.8 Å². The highest BCUT2D eigenvalue weighted by molar-refractivity contribution is 7.23. The van der Waals surface area contributed by atoms with Crippen LogP contribution in [0.4, 0.5) is 28.8 Å². The molecule has 1 amide bonds. The van der Waals surface area contributed by atoms with Crippen molar-refractivity contribution in [2.75, 3.05) is 36.9 Å². The molecule has 4 unspecified atom stereocenters. The number of alkyl halides is 1. The van der Waals surface area contributed by atoms with Crippen molar-refractivity contribution in [3.8, 4) is 29.0 Å². The molecule has 3 aromatic heterocycles. The number of carbonyl (C=O) groups is 1. The number of aliphatic hydroxyl groups is 1. The summed E-state index contributed by atoms with van der Waals surface area (Å²) in [6.45, 7) is 3.14. The van der Waals surface area contributed by atoms with Gasteiger partial charge < -0.3 is 30.1 Å². The highest BCUT2D eigenvalue weighted by atomic mass is 35.5.